The number of carbonyl (C=O) groups excluding carboxylic acids is 7. The summed E-state index contributed by atoms with van der Waals surface area (Å²) >= 11 is 0. The van der Waals surface area contributed by atoms with Gasteiger partial charge in [-0.2, -0.15) is 0 Å². The van der Waals surface area contributed by atoms with Gasteiger partial charge in [-0.15, -0.1) is 0 Å². The number of esters is 6. The number of amides is 1. The van der Waals surface area contributed by atoms with Crippen molar-refractivity contribution in [2.45, 2.75) is 123 Å². The summed E-state index contributed by atoms with van der Waals surface area (Å²) in [6.07, 6.45) is -0.270. The fourth-order valence-electron chi connectivity index (χ4n) is 6.75. The minimum absolute atomic E-state index is 0.0352. The van der Waals surface area contributed by atoms with E-state index in [-0.39, 0.29) is 11.1 Å². The summed E-state index contributed by atoms with van der Waals surface area (Å²) in [4.78, 5) is 87.3. The Bertz CT molecular complexity index is 1530. The fraction of sp³-hybridized carbons (Fsp3) is 0.639. The van der Waals surface area contributed by atoms with Crippen LogP contribution in [0.15, 0.2) is 35.6 Å². The average molecular weight is 750 g/mol. The minimum atomic E-state index is -1.65. The Morgan fingerprint density at radius 3 is 2.13 bits per heavy atom. The van der Waals surface area contributed by atoms with E-state index in [1.54, 1.807) is 12.2 Å². The second kappa shape index (κ2) is 17.8. The number of fused-ring (bicyclic) bond motifs is 2. The van der Waals surface area contributed by atoms with Gasteiger partial charge in [-0.1, -0.05) is 32.3 Å². The second-order valence-electron chi connectivity index (χ2n) is 13.1. The van der Waals surface area contributed by atoms with Crippen molar-refractivity contribution >= 4 is 41.7 Å². The highest BCUT2D eigenvalue weighted by molar-refractivity contribution is 5.96. The van der Waals surface area contributed by atoms with E-state index in [1.165, 1.54) is 26.2 Å². The maximum Gasteiger partial charge on any atom is 0.338 e. The Labute approximate surface area is 306 Å². The lowest BCUT2D eigenvalue weighted by molar-refractivity contribution is -0.347. The lowest BCUT2D eigenvalue weighted by Crippen LogP contribution is -2.64. The van der Waals surface area contributed by atoms with Gasteiger partial charge in [-0.3, -0.25) is 28.8 Å². The van der Waals surface area contributed by atoms with Crippen molar-refractivity contribution in [2.75, 3.05) is 13.2 Å². The molecule has 0 saturated carbocycles. The molecule has 0 aromatic heterocycles. The molecule has 1 N–H and O–H groups in total. The summed E-state index contributed by atoms with van der Waals surface area (Å²) in [6.45, 7) is 9.09. The van der Waals surface area contributed by atoms with Crippen LogP contribution in [0, 0.1) is 11.8 Å². The van der Waals surface area contributed by atoms with Gasteiger partial charge >= 0.3 is 35.8 Å². The van der Waals surface area contributed by atoms with Crippen molar-refractivity contribution in [3.8, 4) is 0 Å². The Kier molecular flexibility index (Phi) is 13.8. The highest BCUT2D eigenvalue weighted by atomic mass is 16.8. The third-order valence-electron chi connectivity index (χ3n) is 8.91. The van der Waals surface area contributed by atoms with Gasteiger partial charge in [0.1, 0.15) is 18.8 Å². The molecule has 1 amide bonds. The molecule has 17 nitrogen and oxygen atoms in total. The Balaban J connectivity index is 1.75. The van der Waals surface area contributed by atoms with Crippen LogP contribution in [-0.4, -0.2) is 104 Å². The van der Waals surface area contributed by atoms with Crippen molar-refractivity contribution in [3.05, 3.63) is 35.6 Å². The van der Waals surface area contributed by atoms with Crippen LogP contribution in [0.25, 0.3) is 0 Å². The molecule has 3 aliphatic heterocycles. The number of nitrogens with one attached hydrogen (secondary N) is 1. The quantitative estimate of drug-likeness (QED) is 0.110. The third kappa shape index (κ3) is 10.0. The zero-order valence-electron chi connectivity index (χ0n) is 30.8. The van der Waals surface area contributed by atoms with Gasteiger partial charge in [-0.25, -0.2) is 4.79 Å². The normalized spacial score (nSPS) is 30.4. The van der Waals surface area contributed by atoms with Gasteiger partial charge in [0.25, 0.3) is 5.91 Å². The van der Waals surface area contributed by atoms with Crippen LogP contribution in [-0.2, 0) is 76.2 Å². The molecule has 0 radical (unpaired) electrons. The highest BCUT2D eigenvalue weighted by Crippen LogP contribution is 2.51. The van der Waals surface area contributed by atoms with Gasteiger partial charge in [0, 0.05) is 47.1 Å². The lowest BCUT2D eigenvalue weighted by atomic mass is 9.78. The standard InChI is InChI=1S/C36H47NO16/c1-8-9-10-11-14-37-32(43)26-16-46-34(28-24(26)12-13-36(28)15-25(33(44)53-36)18(2)47-20(4)39)52-35-31(50-23(7)42)30(49-22(6)41)29(48-21(5)40)27(51-35)17-45-19(3)38/h12-13,15-16,18,24,27-31,34-35H,8-11,14,17H2,1-7H3,(H,37,43)/t18-,24+,27+,28+,29+,30-,31+,34-,35-,36+/m0/s1. The first-order valence-electron chi connectivity index (χ1n) is 17.5. The number of hydrogen-bond acceptors (Lipinski definition) is 16. The number of unbranched alkanes of at least 4 members (excludes halogenated alkanes) is 3. The Morgan fingerprint density at radius 1 is 0.849 bits per heavy atom. The van der Waals surface area contributed by atoms with E-state index in [9.17, 15) is 33.6 Å². The van der Waals surface area contributed by atoms with E-state index in [4.69, 9.17) is 42.6 Å². The first-order valence-corrected chi connectivity index (χ1v) is 17.5. The molecular weight excluding hydrogens is 702 g/mol. The van der Waals surface area contributed by atoms with E-state index in [0.29, 0.717) is 6.54 Å². The summed E-state index contributed by atoms with van der Waals surface area (Å²) < 4.78 is 51.4. The van der Waals surface area contributed by atoms with E-state index in [2.05, 4.69) is 12.2 Å². The zero-order chi connectivity index (χ0) is 39.0. The highest BCUT2D eigenvalue weighted by Gasteiger charge is 2.61. The van der Waals surface area contributed by atoms with Crippen LogP contribution in [0.1, 0.15) is 74.1 Å². The number of hydrogen-bond donors (Lipinski definition) is 1. The summed E-state index contributed by atoms with van der Waals surface area (Å²) in [6, 6.07) is 0. The van der Waals surface area contributed by atoms with Gasteiger partial charge in [0.05, 0.1) is 23.3 Å². The van der Waals surface area contributed by atoms with Crippen molar-refractivity contribution < 1.29 is 76.2 Å². The van der Waals surface area contributed by atoms with Crippen molar-refractivity contribution in [1.29, 1.82) is 0 Å². The minimum Gasteiger partial charge on any atom is -0.471 e. The molecule has 1 spiro atoms. The largest absolute Gasteiger partial charge is 0.471 e. The molecule has 0 aromatic rings. The van der Waals surface area contributed by atoms with Crippen LogP contribution < -0.4 is 5.32 Å². The topological polar surface area (TPSA) is 215 Å². The SMILES string of the molecule is CCCCCCNC(=O)C1=CO[C@@H](O[C@@H]2O[C@H](COC(C)=O)[C@@H](OC(C)=O)[C@H](OC(C)=O)[C@H]2OC(C)=O)[C@H]2[C@@H]1C=C[C@@]21C=C([C@H](C)OC(C)=O)C(=O)O1. The smallest absolute Gasteiger partial charge is 0.338 e. The van der Waals surface area contributed by atoms with E-state index in [0.717, 1.165) is 53.4 Å². The van der Waals surface area contributed by atoms with Gasteiger partial charge in [0.15, 0.2) is 23.9 Å². The van der Waals surface area contributed by atoms with Crippen molar-refractivity contribution in [2.24, 2.45) is 11.8 Å². The number of carbonyl (C=O) groups is 7. The third-order valence-corrected chi connectivity index (χ3v) is 8.91. The molecule has 3 heterocycles. The molecular formula is C36H47NO16. The number of allylic oxidation sites excluding steroid dienone is 1. The molecule has 1 saturated heterocycles. The van der Waals surface area contributed by atoms with Crippen molar-refractivity contribution in [3.63, 3.8) is 0 Å². The van der Waals surface area contributed by atoms with Crippen LogP contribution in [0.3, 0.4) is 0 Å². The van der Waals surface area contributed by atoms with Gasteiger partial charge in [0.2, 0.25) is 12.6 Å². The summed E-state index contributed by atoms with van der Waals surface area (Å²) in [7, 11) is 0. The molecule has 4 aliphatic rings. The predicted molar refractivity (Wildman–Crippen MR) is 177 cm³/mol. The first-order chi connectivity index (χ1) is 25.1. The van der Waals surface area contributed by atoms with Gasteiger partial charge < -0.3 is 47.9 Å². The van der Waals surface area contributed by atoms with Crippen LogP contribution in [0.4, 0.5) is 0 Å². The van der Waals surface area contributed by atoms with Crippen LogP contribution >= 0.6 is 0 Å². The lowest BCUT2D eigenvalue weighted by Gasteiger charge is -2.46. The van der Waals surface area contributed by atoms with E-state index >= 15 is 0 Å². The molecule has 1 fully saturated rings. The molecule has 53 heavy (non-hydrogen) atoms. The molecule has 17 heteroatoms. The van der Waals surface area contributed by atoms with Gasteiger partial charge in [-0.05, 0) is 25.5 Å². The molecule has 0 aromatic carbocycles. The van der Waals surface area contributed by atoms with Crippen LogP contribution in [0.2, 0.25) is 0 Å². The summed E-state index contributed by atoms with van der Waals surface area (Å²) in [5, 5.41) is 2.90. The van der Waals surface area contributed by atoms with E-state index in [1.807, 2.05) is 0 Å². The molecule has 1 aliphatic carbocycles. The number of ether oxygens (including phenoxy) is 9. The molecule has 0 bridgehead atoms. The molecule has 4 rings (SSSR count). The average Bonchev–Trinajstić information content (AvgIpc) is 3.60. The summed E-state index contributed by atoms with van der Waals surface area (Å²) in [5.41, 5.74) is -1.35. The Hall–Kier alpha value is -4.77. The zero-order valence-corrected chi connectivity index (χ0v) is 30.8. The fourth-order valence-corrected chi connectivity index (χ4v) is 6.75. The second-order valence-corrected chi connectivity index (χ2v) is 13.1. The predicted octanol–water partition coefficient (Wildman–Crippen LogP) is 2.00. The first kappa shape index (κ1) is 41.0. The molecule has 0 unspecified atom stereocenters. The van der Waals surface area contributed by atoms with E-state index < -0.39 is 109 Å². The maximum absolute atomic E-state index is 13.5. The Morgan fingerprint density at radius 2 is 1.51 bits per heavy atom. The molecule has 292 valence electrons. The maximum atomic E-state index is 13.5. The number of rotatable bonds is 15. The van der Waals surface area contributed by atoms with Crippen LogP contribution in [0.5, 0.6) is 0 Å². The summed E-state index contributed by atoms with van der Waals surface area (Å²) in [5.74, 6) is -6.83. The van der Waals surface area contributed by atoms with Crippen molar-refractivity contribution in [1.82, 2.24) is 5.32 Å². The monoisotopic (exact) mass is 749 g/mol. The molecule has 10 atom stereocenters.